The van der Waals surface area contributed by atoms with E-state index in [1.54, 1.807) is 4.90 Å². The zero-order chi connectivity index (χ0) is 19.4. The lowest BCUT2D eigenvalue weighted by Crippen LogP contribution is -2.51. The van der Waals surface area contributed by atoms with Crippen LogP contribution in [-0.2, 0) is 4.79 Å². The quantitative estimate of drug-likeness (QED) is 0.843. The summed E-state index contributed by atoms with van der Waals surface area (Å²) in [5.41, 5.74) is 1.20. The highest BCUT2D eigenvalue weighted by Crippen LogP contribution is 2.20. The van der Waals surface area contributed by atoms with E-state index in [0.717, 1.165) is 17.8 Å². The Morgan fingerprint density at radius 2 is 1.67 bits per heavy atom. The molecule has 2 aromatic carbocycles. The second kappa shape index (κ2) is 8.59. The van der Waals surface area contributed by atoms with Gasteiger partial charge in [-0.15, -0.1) is 0 Å². The molecule has 2 aromatic rings. The molecule has 142 valence electrons. The van der Waals surface area contributed by atoms with Gasteiger partial charge >= 0.3 is 0 Å². The Kier molecular flexibility index (Phi) is 6.19. The SMILES string of the molecule is O=C(NCC(=O)N1CCN(c2ccc(Cl)cc2)CC1)c1ccc(F)cc1Cl. The lowest BCUT2D eigenvalue weighted by molar-refractivity contribution is -0.130. The minimum Gasteiger partial charge on any atom is -0.368 e. The van der Waals surface area contributed by atoms with Crippen LogP contribution in [0.25, 0.3) is 0 Å². The average Bonchev–Trinajstić information content (AvgIpc) is 2.66. The lowest BCUT2D eigenvalue weighted by atomic mass is 10.2. The summed E-state index contributed by atoms with van der Waals surface area (Å²) in [6.45, 7) is 2.40. The summed E-state index contributed by atoms with van der Waals surface area (Å²) in [6, 6.07) is 11.1. The molecule has 1 heterocycles. The van der Waals surface area contributed by atoms with E-state index in [4.69, 9.17) is 23.2 Å². The number of piperazine rings is 1. The Morgan fingerprint density at radius 1 is 1.00 bits per heavy atom. The first-order valence-electron chi connectivity index (χ1n) is 8.45. The zero-order valence-electron chi connectivity index (χ0n) is 14.4. The molecule has 0 saturated carbocycles. The monoisotopic (exact) mass is 409 g/mol. The third-order valence-corrected chi connectivity index (χ3v) is 4.96. The molecule has 1 aliphatic heterocycles. The third-order valence-electron chi connectivity index (χ3n) is 4.40. The van der Waals surface area contributed by atoms with Crippen molar-refractivity contribution >= 4 is 40.7 Å². The van der Waals surface area contributed by atoms with Gasteiger partial charge in [-0.1, -0.05) is 23.2 Å². The number of anilines is 1. The van der Waals surface area contributed by atoms with Crippen LogP contribution in [0.5, 0.6) is 0 Å². The standard InChI is InChI=1S/C19H18Cl2FN3O2/c20-13-1-4-15(5-2-13)24-7-9-25(10-8-24)18(26)12-23-19(27)16-6-3-14(22)11-17(16)21/h1-6,11H,7-10,12H2,(H,23,27). The van der Waals surface area contributed by atoms with Crippen molar-refractivity contribution < 1.29 is 14.0 Å². The van der Waals surface area contributed by atoms with Crippen LogP contribution >= 0.6 is 23.2 Å². The van der Waals surface area contributed by atoms with E-state index in [9.17, 15) is 14.0 Å². The first-order chi connectivity index (χ1) is 12.9. The number of carbonyl (C=O) groups is 2. The van der Waals surface area contributed by atoms with Gasteiger partial charge in [-0.05, 0) is 42.5 Å². The molecule has 1 N–H and O–H groups in total. The molecule has 1 aliphatic rings. The van der Waals surface area contributed by atoms with Crippen LogP contribution in [-0.4, -0.2) is 49.4 Å². The Bertz CT molecular complexity index is 837. The molecule has 5 nitrogen and oxygen atoms in total. The number of nitrogens with zero attached hydrogens (tertiary/aromatic N) is 2. The second-order valence-corrected chi connectivity index (χ2v) is 6.99. The van der Waals surface area contributed by atoms with E-state index in [0.29, 0.717) is 31.2 Å². The summed E-state index contributed by atoms with van der Waals surface area (Å²) in [5, 5.41) is 3.24. The predicted molar refractivity (Wildman–Crippen MR) is 104 cm³/mol. The summed E-state index contributed by atoms with van der Waals surface area (Å²) in [5.74, 6) is -1.20. The number of carbonyl (C=O) groups excluding carboxylic acids is 2. The summed E-state index contributed by atoms with van der Waals surface area (Å²) in [6.07, 6.45) is 0. The largest absolute Gasteiger partial charge is 0.368 e. The van der Waals surface area contributed by atoms with Crippen LogP contribution in [0.15, 0.2) is 42.5 Å². The fourth-order valence-corrected chi connectivity index (χ4v) is 3.28. The second-order valence-electron chi connectivity index (χ2n) is 6.15. The Morgan fingerprint density at radius 3 is 2.30 bits per heavy atom. The topological polar surface area (TPSA) is 52.7 Å². The van der Waals surface area contributed by atoms with Crippen molar-refractivity contribution in [2.45, 2.75) is 0 Å². The number of halogens is 3. The maximum Gasteiger partial charge on any atom is 0.253 e. The number of amides is 2. The highest BCUT2D eigenvalue weighted by atomic mass is 35.5. The van der Waals surface area contributed by atoms with Crippen molar-refractivity contribution in [1.29, 1.82) is 0 Å². The number of hydrogen-bond acceptors (Lipinski definition) is 3. The minimum absolute atomic E-state index is 0.0107. The van der Waals surface area contributed by atoms with E-state index in [2.05, 4.69) is 10.2 Å². The van der Waals surface area contributed by atoms with Gasteiger partial charge in [0, 0.05) is 36.9 Å². The van der Waals surface area contributed by atoms with Crippen LogP contribution in [0, 0.1) is 5.82 Å². The number of rotatable bonds is 4. The Hall–Kier alpha value is -2.31. The highest BCUT2D eigenvalue weighted by molar-refractivity contribution is 6.33. The lowest BCUT2D eigenvalue weighted by Gasteiger charge is -2.36. The van der Waals surface area contributed by atoms with Gasteiger partial charge in [-0.3, -0.25) is 9.59 Å². The predicted octanol–water partition coefficient (Wildman–Crippen LogP) is 3.21. The van der Waals surface area contributed by atoms with Gasteiger partial charge in [0.15, 0.2) is 0 Å². The molecule has 1 saturated heterocycles. The molecule has 27 heavy (non-hydrogen) atoms. The fourth-order valence-electron chi connectivity index (χ4n) is 2.90. The Labute approximate surface area is 166 Å². The highest BCUT2D eigenvalue weighted by Gasteiger charge is 2.22. The molecule has 2 amide bonds. The van der Waals surface area contributed by atoms with Crippen LogP contribution in [0.1, 0.15) is 10.4 Å². The average molecular weight is 410 g/mol. The van der Waals surface area contributed by atoms with Crippen molar-refractivity contribution in [1.82, 2.24) is 10.2 Å². The minimum atomic E-state index is -0.522. The zero-order valence-corrected chi connectivity index (χ0v) is 15.9. The number of nitrogens with one attached hydrogen (secondary N) is 1. The smallest absolute Gasteiger partial charge is 0.253 e. The molecule has 0 unspecified atom stereocenters. The van der Waals surface area contributed by atoms with Crippen molar-refractivity contribution in [3.05, 3.63) is 63.9 Å². The van der Waals surface area contributed by atoms with Gasteiger partial charge in [0.25, 0.3) is 5.91 Å². The van der Waals surface area contributed by atoms with E-state index < -0.39 is 11.7 Å². The van der Waals surface area contributed by atoms with E-state index in [1.165, 1.54) is 6.07 Å². The molecule has 3 rings (SSSR count). The van der Waals surface area contributed by atoms with Crippen LogP contribution < -0.4 is 10.2 Å². The molecule has 0 spiro atoms. The molecule has 1 fully saturated rings. The van der Waals surface area contributed by atoms with E-state index in [1.807, 2.05) is 24.3 Å². The van der Waals surface area contributed by atoms with Gasteiger partial charge in [0.2, 0.25) is 5.91 Å². The van der Waals surface area contributed by atoms with E-state index >= 15 is 0 Å². The van der Waals surface area contributed by atoms with E-state index in [-0.39, 0.29) is 23.0 Å². The summed E-state index contributed by atoms with van der Waals surface area (Å²) in [7, 11) is 0. The molecule has 0 aromatic heterocycles. The summed E-state index contributed by atoms with van der Waals surface area (Å²) < 4.78 is 13.1. The number of hydrogen-bond donors (Lipinski definition) is 1. The van der Waals surface area contributed by atoms with Gasteiger partial charge in [-0.25, -0.2) is 4.39 Å². The maximum atomic E-state index is 13.1. The van der Waals surface area contributed by atoms with Gasteiger partial charge < -0.3 is 15.1 Å². The van der Waals surface area contributed by atoms with Crippen molar-refractivity contribution in [2.24, 2.45) is 0 Å². The maximum absolute atomic E-state index is 13.1. The molecule has 0 radical (unpaired) electrons. The van der Waals surface area contributed by atoms with Gasteiger partial charge in [0.05, 0.1) is 17.1 Å². The molecular formula is C19H18Cl2FN3O2. The molecule has 0 aliphatic carbocycles. The van der Waals surface area contributed by atoms with Crippen LogP contribution in [0.4, 0.5) is 10.1 Å². The van der Waals surface area contributed by atoms with Crippen LogP contribution in [0.3, 0.4) is 0 Å². The number of benzene rings is 2. The van der Waals surface area contributed by atoms with Crippen molar-refractivity contribution in [3.8, 4) is 0 Å². The van der Waals surface area contributed by atoms with Crippen LogP contribution in [0.2, 0.25) is 10.0 Å². The summed E-state index contributed by atoms with van der Waals surface area (Å²) >= 11 is 11.8. The Balaban J connectivity index is 1.49. The molecule has 8 heteroatoms. The van der Waals surface area contributed by atoms with Gasteiger partial charge in [0.1, 0.15) is 5.82 Å². The molecule has 0 bridgehead atoms. The van der Waals surface area contributed by atoms with Gasteiger partial charge in [-0.2, -0.15) is 0 Å². The molecule has 0 atom stereocenters. The van der Waals surface area contributed by atoms with Crippen molar-refractivity contribution in [2.75, 3.05) is 37.6 Å². The van der Waals surface area contributed by atoms with Crippen molar-refractivity contribution in [3.63, 3.8) is 0 Å². The summed E-state index contributed by atoms with van der Waals surface area (Å²) in [4.78, 5) is 28.3. The third kappa shape index (κ3) is 4.90. The first kappa shape index (κ1) is 19.5. The molecular weight excluding hydrogens is 392 g/mol. The normalized spacial score (nSPS) is 14.2. The fraction of sp³-hybridized carbons (Fsp3) is 0.263. The first-order valence-corrected chi connectivity index (χ1v) is 9.21.